The Labute approximate surface area is 176 Å². The van der Waals surface area contributed by atoms with Crippen LogP contribution in [0.5, 0.6) is 11.5 Å². The van der Waals surface area contributed by atoms with Gasteiger partial charge in [0.25, 0.3) is 5.91 Å². The summed E-state index contributed by atoms with van der Waals surface area (Å²) in [5.41, 5.74) is 1.38. The quantitative estimate of drug-likeness (QED) is 0.585. The van der Waals surface area contributed by atoms with Crippen LogP contribution < -0.4 is 14.8 Å². The highest BCUT2D eigenvalue weighted by molar-refractivity contribution is 5.94. The Balaban J connectivity index is 1.50. The first-order valence-corrected chi connectivity index (χ1v) is 9.94. The molecule has 0 bridgehead atoms. The van der Waals surface area contributed by atoms with Crippen molar-refractivity contribution >= 4 is 17.8 Å². The Morgan fingerprint density at radius 1 is 1.03 bits per heavy atom. The lowest BCUT2D eigenvalue weighted by atomic mass is 10.0. The summed E-state index contributed by atoms with van der Waals surface area (Å²) >= 11 is 0. The number of likely N-dealkylation sites (tertiary alicyclic amines) is 1. The Morgan fingerprint density at radius 2 is 1.73 bits per heavy atom. The highest BCUT2D eigenvalue weighted by Gasteiger charge is 2.25. The molecule has 0 saturated carbocycles. The van der Waals surface area contributed by atoms with Gasteiger partial charge in [-0.25, -0.2) is 0 Å². The van der Waals surface area contributed by atoms with Crippen LogP contribution in [0, 0.1) is 0 Å². The fourth-order valence-electron chi connectivity index (χ4n) is 3.51. The van der Waals surface area contributed by atoms with Crippen molar-refractivity contribution in [3.63, 3.8) is 0 Å². The van der Waals surface area contributed by atoms with Crippen LogP contribution in [0.25, 0.3) is 0 Å². The van der Waals surface area contributed by atoms with Crippen LogP contribution in [0.2, 0.25) is 0 Å². The number of amides is 2. The van der Waals surface area contributed by atoms with Gasteiger partial charge in [-0.15, -0.1) is 0 Å². The third-order valence-electron chi connectivity index (χ3n) is 4.99. The van der Waals surface area contributed by atoms with Crippen molar-refractivity contribution in [3.05, 3.63) is 59.7 Å². The van der Waals surface area contributed by atoms with Gasteiger partial charge in [-0.2, -0.15) is 0 Å². The maximum absolute atomic E-state index is 12.8. The van der Waals surface area contributed by atoms with E-state index in [1.807, 2.05) is 24.3 Å². The SMILES string of the molecule is COc1cccc(CC(=O)NC2CCN(C(=O)c3cccc(OC(C)=O)c3)CC2)c1. The summed E-state index contributed by atoms with van der Waals surface area (Å²) in [6.45, 7) is 2.43. The van der Waals surface area contributed by atoms with E-state index in [2.05, 4.69) is 5.32 Å². The number of hydrogen-bond donors (Lipinski definition) is 1. The van der Waals surface area contributed by atoms with Crippen molar-refractivity contribution in [2.24, 2.45) is 0 Å². The summed E-state index contributed by atoms with van der Waals surface area (Å²) in [4.78, 5) is 38.0. The molecule has 0 atom stereocenters. The number of hydrogen-bond acceptors (Lipinski definition) is 5. The Morgan fingerprint density at radius 3 is 2.43 bits per heavy atom. The molecule has 1 N–H and O–H groups in total. The molecule has 2 aromatic carbocycles. The number of rotatable bonds is 6. The van der Waals surface area contributed by atoms with Crippen LogP contribution in [0.4, 0.5) is 0 Å². The number of methoxy groups -OCH3 is 1. The second-order valence-electron chi connectivity index (χ2n) is 7.28. The monoisotopic (exact) mass is 410 g/mol. The van der Waals surface area contributed by atoms with E-state index in [1.54, 1.807) is 36.3 Å². The molecule has 1 aliphatic heterocycles. The van der Waals surface area contributed by atoms with Crippen molar-refractivity contribution in [1.82, 2.24) is 10.2 Å². The van der Waals surface area contributed by atoms with Gasteiger partial charge in [-0.3, -0.25) is 14.4 Å². The van der Waals surface area contributed by atoms with Gasteiger partial charge in [-0.05, 0) is 48.7 Å². The van der Waals surface area contributed by atoms with Gasteiger partial charge >= 0.3 is 5.97 Å². The Kier molecular flexibility index (Phi) is 7.06. The molecule has 30 heavy (non-hydrogen) atoms. The van der Waals surface area contributed by atoms with E-state index in [-0.39, 0.29) is 17.9 Å². The number of benzene rings is 2. The zero-order valence-corrected chi connectivity index (χ0v) is 17.2. The second-order valence-corrected chi connectivity index (χ2v) is 7.28. The standard InChI is InChI=1S/C23H26N2O5/c1-16(26)30-21-8-4-6-18(15-21)23(28)25-11-9-19(10-12-25)24-22(27)14-17-5-3-7-20(13-17)29-2/h3-8,13,15,19H,9-12,14H2,1-2H3,(H,24,27). The molecule has 2 aromatic rings. The lowest BCUT2D eigenvalue weighted by molar-refractivity contribution is -0.131. The molecule has 3 rings (SSSR count). The molecule has 1 heterocycles. The van der Waals surface area contributed by atoms with Crippen molar-refractivity contribution in [3.8, 4) is 11.5 Å². The van der Waals surface area contributed by atoms with Gasteiger partial charge in [0.05, 0.1) is 13.5 Å². The topological polar surface area (TPSA) is 84.9 Å². The average molecular weight is 410 g/mol. The van der Waals surface area contributed by atoms with Gasteiger partial charge in [0.15, 0.2) is 0 Å². The zero-order valence-electron chi connectivity index (χ0n) is 17.2. The fraction of sp³-hybridized carbons (Fsp3) is 0.348. The Hall–Kier alpha value is -3.35. The molecule has 158 valence electrons. The minimum Gasteiger partial charge on any atom is -0.497 e. The van der Waals surface area contributed by atoms with Crippen LogP contribution in [0.15, 0.2) is 48.5 Å². The molecule has 7 nitrogen and oxygen atoms in total. The molecule has 0 radical (unpaired) electrons. The van der Waals surface area contributed by atoms with Crippen molar-refractivity contribution in [2.45, 2.75) is 32.2 Å². The number of esters is 1. The van der Waals surface area contributed by atoms with Gasteiger partial charge in [0.1, 0.15) is 11.5 Å². The first-order valence-electron chi connectivity index (χ1n) is 9.94. The highest BCUT2D eigenvalue weighted by atomic mass is 16.5. The number of carbonyl (C=O) groups is 3. The number of nitrogens with one attached hydrogen (secondary N) is 1. The van der Waals surface area contributed by atoms with E-state index in [1.165, 1.54) is 6.92 Å². The summed E-state index contributed by atoms with van der Waals surface area (Å²) in [6.07, 6.45) is 1.68. The molecule has 1 aliphatic rings. The van der Waals surface area contributed by atoms with Gasteiger partial charge in [-0.1, -0.05) is 18.2 Å². The van der Waals surface area contributed by atoms with E-state index in [9.17, 15) is 14.4 Å². The average Bonchev–Trinajstić information content (AvgIpc) is 2.73. The molecule has 0 spiro atoms. The van der Waals surface area contributed by atoms with Crippen LogP contribution in [-0.2, 0) is 16.0 Å². The second kappa shape index (κ2) is 9.91. The lowest BCUT2D eigenvalue weighted by Gasteiger charge is -2.32. The molecule has 0 unspecified atom stereocenters. The van der Waals surface area contributed by atoms with Crippen molar-refractivity contribution < 1.29 is 23.9 Å². The predicted molar refractivity (Wildman–Crippen MR) is 112 cm³/mol. The van der Waals surface area contributed by atoms with Gasteiger partial charge in [0, 0.05) is 31.6 Å². The van der Waals surface area contributed by atoms with Gasteiger partial charge < -0.3 is 19.7 Å². The maximum atomic E-state index is 12.8. The molecule has 1 fully saturated rings. The summed E-state index contributed by atoms with van der Waals surface area (Å²) in [5, 5.41) is 3.06. The summed E-state index contributed by atoms with van der Waals surface area (Å²) in [7, 11) is 1.60. The Bertz CT molecular complexity index is 919. The van der Waals surface area contributed by atoms with Crippen LogP contribution in [0.3, 0.4) is 0 Å². The summed E-state index contributed by atoms with van der Waals surface area (Å²) in [6, 6.07) is 14.1. The van der Waals surface area contributed by atoms with Crippen LogP contribution in [0.1, 0.15) is 35.7 Å². The zero-order chi connectivity index (χ0) is 21.5. The highest BCUT2D eigenvalue weighted by Crippen LogP contribution is 2.19. The summed E-state index contributed by atoms with van der Waals surface area (Å²) < 4.78 is 10.2. The van der Waals surface area contributed by atoms with E-state index in [0.717, 1.165) is 11.3 Å². The largest absolute Gasteiger partial charge is 0.497 e. The third-order valence-corrected chi connectivity index (χ3v) is 4.99. The van der Waals surface area contributed by atoms with E-state index >= 15 is 0 Å². The maximum Gasteiger partial charge on any atom is 0.308 e. The number of nitrogens with zero attached hydrogens (tertiary/aromatic N) is 1. The minimum absolute atomic E-state index is 0.0397. The molecule has 2 amide bonds. The normalized spacial score (nSPS) is 14.1. The number of piperidine rings is 1. The van der Waals surface area contributed by atoms with E-state index < -0.39 is 5.97 Å². The number of ether oxygens (including phenoxy) is 2. The molecular formula is C23H26N2O5. The van der Waals surface area contributed by atoms with Gasteiger partial charge in [0.2, 0.25) is 5.91 Å². The van der Waals surface area contributed by atoms with E-state index in [0.29, 0.717) is 43.7 Å². The van der Waals surface area contributed by atoms with Crippen molar-refractivity contribution in [1.29, 1.82) is 0 Å². The van der Waals surface area contributed by atoms with Crippen LogP contribution >= 0.6 is 0 Å². The van der Waals surface area contributed by atoms with Crippen molar-refractivity contribution in [2.75, 3.05) is 20.2 Å². The first-order chi connectivity index (χ1) is 14.4. The fourth-order valence-corrected chi connectivity index (χ4v) is 3.51. The summed E-state index contributed by atoms with van der Waals surface area (Å²) in [5.74, 6) is 0.510. The van der Waals surface area contributed by atoms with E-state index in [4.69, 9.17) is 9.47 Å². The molecule has 0 aromatic heterocycles. The smallest absolute Gasteiger partial charge is 0.308 e. The first kappa shape index (κ1) is 21.4. The predicted octanol–water partition coefficient (Wildman–Crippen LogP) is 2.58. The number of carbonyl (C=O) groups excluding carboxylic acids is 3. The lowest BCUT2D eigenvalue weighted by Crippen LogP contribution is -2.46. The van der Waals surface area contributed by atoms with Crippen LogP contribution in [-0.4, -0.2) is 48.9 Å². The molecule has 1 saturated heterocycles. The molecular weight excluding hydrogens is 384 g/mol. The molecule has 0 aliphatic carbocycles. The molecule has 7 heteroatoms. The third kappa shape index (κ3) is 5.83. The minimum atomic E-state index is -0.426.